The summed E-state index contributed by atoms with van der Waals surface area (Å²) in [4.78, 5) is 14.8. The summed E-state index contributed by atoms with van der Waals surface area (Å²) in [6, 6.07) is 13.2. The Labute approximate surface area is 147 Å². The Morgan fingerprint density at radius 1 is 1.32 bits per heavy atom. The van der Waals surface area contributed by atoms with Crippen molar-refractivity contribution >= 4 is 11.6 Å². The van der Waals surface area contributed by atoms with Crippen molar-refractivity contribution in [2.75, 3.05) is 18.8 Å². The van der Waals surface area contributed by atoms with Gasteiger partial charge in [0.1, 0.15) is 5.82 Å². The molecule has 1 atom stereocenters. The van der Waals surface area contributed by atoms with Crippen molar-refractivity contribution in [3.05, 3.63) is 65.0 Å². The SMILES string of the molecule is Cc1c(N)cc(C(=O)NC2CCCN(Cc3ccccc3)C2)cc1F. The van der Waals surface area contributed by atoms with Gasteiger partial charge in [0.25, 0.3) is 5.91 Å². The summed E-state index contributed by atoms with van der Waals surface area (Å²) in [7, 11) is 0. The molecule has 0 aliphatic carbocycles. The van der Waals surface area contributed by atoms with Crippen LogP contribution in [0.4, 0.5) is 10.1 Å². The molecule has 25 heavy (non-hydrogen) atoms. The first-order valence-electron chi connectivity index (χ1n) is 8.65. The number of carbonyl (C=O) groups is 1. The molecule has 2 aromatic carbocycles. The van der Waals surface area contributed by atoms with Crippen molar-refractivity contribution in [2.45, 2.75) is 32.4 Å². The molecule has 2 aromatic rings. The van der Waals surface area contributed by atoms with Crippen molar-refractivity contribution in [2.24, 2.45) is 0 Å². The van der Waals surface area contributed by atoms with Gasteiger partial charge in [-0.2, -0.15) is 0 Å². The molecule has 1 heterocycles. The number of likely N-dealkylation sites (tertiary alicyclic amines) is 1. The molecule has 5 heteroatoms. The van der Waals surface area contributed by atoms with E-state index in [0.29, 0.717) is 11.3 Å². The second-order valence-electron chi connectivity index (χ2n) is 6.71. The van der Waals surface area contributed by atoms with E-state index in [1.807, 2.05) is 18.2 Å². The van der Waals surface area contributed by atoms with Crippen molar-refractivity contribution < 1.29 is 9.18 Å². The predicted molar refractivity (Wildman–Crippen MR) is 97.8 cm³/mol. The predicted octanol–water partition coefficient (Wildman–Crippen LogP) is 3.11. The van der Waals surface area contributed by atoms with Crippen LogP contribution in [-0.2, 0) is 6.54 Å². The number of carbonyl (C=O) groups excluding carboxylic acids is 1. The Kier molecular flexibility index (Phi) is 5.34. The third-order valence-corrected chi connectivity index (χ3v) is 4.74. The van der Waals surface area contributed by atoms with E-state index in [2.05, 4.69) is 22.3 Å². The van der Waals surface area contributed by atoms with Crippen LogP contribution in [0, 0.1) is 12.7 Å². The lowest BCUT2D eigenvalue weighted by Gasteiger charge is -2.33. The quantitative estimate of drug-likeness (QED) is 0.840. The molecule has 1 unspecified atom stereocenters. The number of benzene rings is 2. The summed E-state index contributed by atoms with van der Waals surface area (Å²) in [5, 5.41) is 3.02. The molecule has 1 saturated heterocycles. The molecular formula is C20H24FN3O. The van der Waals surface area contributed by atoms with E-state index in [4.69, 9.17) is 5.73 Å². The number of piperidine rings is 1. The summed E-state index contributed by atoms with van der Waals surface area (Å²) in [5.41, 5.74) is 8.00. The van der Waals surface area contributed by atoms with E-state index in [0.717, 1.165) is 32.5 Å². The first kappa shape index (κ1) is 17.4. The Balaban J connectivity index is 1.61. The summed E-state index contributed by atoms with van der Waals surface area (Å²) >= 11 is 0. The molecule has 0 bridgehead atoms. The molecular weight excluding hydrogens is 317 g/mol. The number of nitrogens with one attached hydrogen (secondary N) is 1. The van der Waals surface area contributed by atoms with Gasteiger partial charge in [0, 0.05) is 35.9 Å². The van der Waals surface area contributed by atoms with E-state index >= 15 is 0 Å². The molecule has 1 fully saturated rings. The van der Waals surface area contributed by atoms with Crippen LogP contribution in [0.15, 0.2) is 42.5 Å². The van der Waals surface area contributed by atoms with Crippen LogP contribution >= 0.6 is 0 Å². The maximum absolute atomic E-state index is 13.8. The molecule has 1 aliphatic heterocycles. The maximum atomic E-state index is 13.8. The molecule has 4 nitrogen and oxygen atoms in total. The molecule has 0 aromatic heterocycles. The van der Waals surface area contributed by atoms with Gasteiger partial charge in [0.05, 0.1) is 0 Å². The number of anilines is 1. The number of nitrogens with two attached hydrogens (primary N) is 1. The van der Waals surface area contributed by atoms with Gasteiger partial charge in [-0.15, -0.1) is 0 Å². The van der Waals surface area contributed by atoms with Gasteiger partial charge in [0.2, 0.25) is 0 Å². The minimum atomic E-state index is -0.445. The second-order valence-corrected chi connectivity index (χ2v) is 6.71. The van der Waals surface area contributed by atoms with Crippen molar-refractivity contribution in [3.8, 4) is 0 Å². The summed E-state index contributed by atoms with van der Waals surface area (Å²) < 4.78 is 13.8. The summed E-state index contributed by atoms with van der Waals surface area (Å²) in [6.45, 7) is 4.30. The highest BCUT2D eigenvalue weighted by Crippen LogP contribution is 2.19. The number of hydrogen-bond donors (Lipinski definition) is 2. The number of nitrogens with zero attached hydrogens (tertiary/aromatic N) is 1. The van der Waals surface area contributed by atoms with Crippen LogP contribution in [0.1, 0.15) is 34.3 Å². The van der Waals surface area contributed by atoms with Gasteiger partial charge in [0.15, 0.2) is 0 Å². The Morgan fingerprint density at radius 3 is 2.80 bits per heavy atom. The van der Waals surface area contributed by atoms with Gasteiger partial charge in [-0.05, 0) is 44.0 Å². The molecule has 1 aliphatic rings. The number of hydrogen-bond acceptors (Lipinski definition) is 3. The van der Waals surface area contributed by atoms with Crippen LogP contribution in [0.3, 0.4) is 0 Å². The number of rotatable bonds is 4. The number of amides is 1. The molecule has 0 radical (unpaired) electrons. The zero-order chi connectivity index (χ0) is 17.8. The summed E-state index contributed by atoms with van der Waals surface area (Å²) in [6.07, 6.45) is 1.96. The van der Waals surface area contributed by atoms with Gasteiger partial charge in [-0.1, -0.05) is 30.3 Å². The number of halogens is 1. The zero-order valence-corrected chi connectivity index (χ0v) is 14.5. The molecule has 132 valence electrons. The molecule has 3 N–H and O–H groups in total. The first-order valence-corrected chi connectivity index (χ1v) is 8.65. The Morgan fingerprint density at radius 2 is 2.08 bits per heavy atom. The largest absolute Gasteiger partial charge is 0.398 e. The first-order chi connectivity index (χ1) is 12.0. The Bertz CT molecular complexity index is 725. The zero-order valence-electron chi connectivity index (χ0n) is 14.5. The van der Waals surface area contributed by atoms with E-state index in [9.17, 15) is 9.18 Å². The van der Waals surface area contributed by atoms with Gasteiger partial charge in [-0.3, -0.25) is 9.69 Å². The minimum Gasteiger partial charge on any atom is -0.398 e. The molecule has 0 saturated carbocycles. The van der Waals surface area contributed by atoms with E-state index < -0.39 is 5.82 Å². The van der Waals surface area contributed by atoms with Crippen LogP contribution in [0.2, 0.25) is 0 Å². The molecule has 3 rings (SSSR count). The number of nitrogen functional groups attached to an aromatic ring is 1. The highest BCUT2D eigenvalue weighted by Gasteiger charge is 2.22. The van der Waals surface area contributed by atoms with Crippen molar-refractivity contribution in [1.29, 1.82) is 0 Å². The minimum absolute atomic E-state index is 0.0653. The van der Waals surface area contributed by atoms with E-state index in [1.165, 1.54) is 17.7 Å². The lowest BCUT2D eigenvalue weighted by atomic mass is 10.0. The van der Waals surface area contributed by atoms with E-state index in [1.54, 1.807) is 6.92 Å². The normalized spacial score (nSPS) is 18.1. The summed E-state index contributed by atoms with van der Waals surface area (Å²) in [5.74, 6) is -0.711. The monoisotopic (exact) mass is 341 g/mol. The lowest BCUT2D eigenvalue weighted by molar-refractivity contribution is 0.0900. The smallest absolute Gasteiger partial charge is 0.251 e. The van der Waals surface area contributed by atoms with Gasteiger partial charge in [-0.25, -0.2) is 4.39 Å². The second kappa shape index (κ2) is 7.66. The third kappa shape index (κ3) is 4.37. The van der Waals surface area contributed by atoms with Crippen LogP contribution in [0.5, 0.6) is 0 Å². The highest BCUT2D eigenvalue weighted by molar-refractivity contribution is 5.95. The van der Waals surface area contributed by atoms with Crippen molar-refractivity contribution in [1.82, 2.24) is 10.2 Å². The fourth-order valence-corrected chi connectivity index (χ4v) is 3.26. The van der Waals surface area contributed by atoms with Crippen LogP contribution in [0.25, 0.3) is 0 Å². The fraction of sp³-hybridized carbons (Fsp3) is 0.350. The Hall–Kier alpha value is -2.40. The van der Waals surface area contributed by atoms with Gasteiger partial charge >= 0.3 is 0 Å². The average molecular weight is 341 g/mol. The average Bonchev–Trinajstić information content (AvgIpc) is 2.60. The third-order valence-electron chi connectivity index (χ3n) is 4.74. The standard InChI is InChI=1S/C20H24FN3O/c1-14-18(21)10-16(11-19(14)22)20(25)23-17-8-5-9-24(13-17)12-15-6-3-2-4-7-15/h2-4,6-7,10-11,17H,5,8-9,12-13,22H2,1H3,(H,23,25). The van der Waals surface area contributed by atoms with Gasteiger partial charge < -0.3 is 11.1 Å². The van der Waals surface area contributed by atoms with Crippen LogP contribution < -0.4 is 11.1 Å². The topological polar surface area (TPSA) is 58.4 Å². The fourth-order valence-electron chi connectivity index (χ4n) is 3.26. The van der Waals surface area contributed by atoms with Crippen molar-refractivity contribution in [3.63, 3.8) is 0 Å². The van der Waals surface area contributed by atoms with Crippen LogP contribution in [-0.4, -0.2) is 29.9 Å². The molecule has 1 amide bonds. The highest BCUT2D eigenvalue weighted by atomic mass is 19.1. The maximum Gasteiger partial charge on any atom is 0.251 e. The lowest BCUT2D eigenvalue weighted by Crippen LogP contribution is -2.47. The van der Waals surface area contributed by atoms with E-state index in [-0.39, 0.29) is 17.5 Å². The molecule has 0 spiro atoms.